The fourth-order valence-corrected chi connectivity index (χ4v) is 4.90. The Morgan fingerprint density at radius 2 is 2.12 bits per heavy atom. The molecule has 0 spiro atoms. The standard InChI is InChI=1S/C12H25NO3S/c1-10-4-3-5-12(8-10)17(15,16)9-11(13-2)6-7-14/h10-14H,3-9H2,1-2H3. The quantitative estimate of drug-likeness (QED) is 0.749. The van der Waals surface area contributed by atoms with E-state index in [-0.39, 0.29) is 23.7 Å². The first-order chi connectivity index (χ1) is 7.99. The molecule has 0 heterocycles. The zero-order chi connectivity index (χ0) is 12.9. The molecule has 1 saturated carbocycles. The third kappa shape index (κ3) is 4.56. The van der Waals surface area contributed by atoms with E-state index in [4.69, 9.17) is 5.11 Å². The maximum absolute atomic E-state index is 12.3. The van der Waals surface area contributed by atoms with Crippen LogP contribution in [0.25, 0.3) is 0 Å². The van der Waals surface area contributed by atoms with E-state index in [0.717, 1.165) is 25.7 Å². The lowest BCUT2D eigenvalue weighted by Gasteiger charge is -2.28. The highest BCUT2D eigenvalue weighted by Crippen LogP contribution is 2.29. The monoisotopic (exact) mass is 263 g/mol. The summed E-state index contributed by atoms with van der Waals surface area (Å²) in [5.74, 6) is 0.677. The maximum atomic E-state index is 12.3. The van der Waals surface area contributed by atoms with Gasteiger partial charge in [0.2, 0.25) is 0 Å². The molecule has 2 N–H and O–H groups in total. The number of rotatable bonds is 6. The lowest BCUT2D eigenvalue weighted by molar-refractivity contribution is 0.272. The fourth-order valence-electron chi connectivity index (χ4n) is 2.59. The normalized spacial score (nSPS) is 27.9. The number of aliphatic hydroxyl groups excluding tert-OH is 1. The largest absolute Gasteiger partial charge is 0.396 e. The Bertz CT molecular complexity index is 316. The molecule has 0 aromatic rings. The van der Waals surface area contributed by atoms with Gasteiger partial charge in [0.05, 0.1) is 11.0 Å². The summed E-state index contributed by atoms with van der Waals surface area (Å²) in [6, 6.07) is -0.123. The van der Waals surface area contributed by atoms with Gasteiger partial charge in [0.25, 0.3) is 0 Å². The van der Waals surface area contributed by atoms with Crippen molar-refractivity contribution >= 4 is 9.84 Å². The second kappa shape index (κ2) is 6.71. The number of sulfone groups is 1. The van der Waals surface area contributed by atoms with E-state index in [1.165, 1.54) is 0 Å². The van der Waals surface area contributed by atoms with Crippen LogP contribution >= 0.6 is 0 Å². The summed E-state index contributed by atoms with van der Waals surface area (Å²) < 4.78 is 24.5. The third-order valence-electron chi connectivity index (χ3n) is 3.72. The minimum atomic E-state index is -3.02. The predicted octanol–water partition coefficient (Wildman–Crippen LogP) is 0.950. The van der Waals surface area contributed by atoms with Crippen LogP contribution in [0.15, 0.2) is 0 Å². The van der Waals surface area contributed by atoms with E-state index < -0.39 is 9.84 Å². The van der Waals surface area contributed by atoms with Gasteiger partial charge in [0, 0.05) is 12.6 Å². The highest BCUT2D eigenvalue weighted by atomic mass is 32.2. The van der Waals surface area contributed by atoms with Gasteiger partial charge in [-0.2, -0.15) is 0 Å². The molecular weight excluding hydrogens is 238 g/mol. The summed E-state index contributed by atoms with van der Waals surface area (Å²) in [5.41, 5.74) is 0. The van der Waals surface area contributed by atoms with Gasteiger partial charge >= 0.3 is 0 Å². The molecule has 102 valence electrons. The average molecular weight is 263 g/mol. The van der Waals surface area contributed by atoms with Gasteiger partial charge < -0.3 is 10.4 Å². The summed E-state index contributed by atoms with van der Waals surface area (Å²) in [6.45, 7) is 2.16. The molecule has 1 fully saturated rings. The molecule has 1 aliphatic rings. The molecule has 1 aliphatic carbocycles. The van der Waals surface area contributed by atoms with E-state index in [2.05, 4.69) is 12.2 Å². The summed E-state index contributed by atoms with van der Waals surface area (Å²) >= 11 is 0. The predicted molar refractivity (Wildman–Crippen MR) is 69.8 cm³/mol. The van der Waals surface area contributed by atoms with Crippen LogP contribution in [0, 0.1) is 5.92 Å². The van der Waals surface area contributed by atoms with Gasteiger partial charge in [-0.25, -0.2) is 8.42 Å². The van der Waals surface area contributed by atoms with Gasteiger partial charge in [-0.3, -0.25) is 0 Å². The SMILES string of the molecule is CNC(CCO)CS(=O)(=O)C1CCCC(C)C1. The summed E-state index contributed by atoms with van der Waals surface area (Å²) in [7, 11) is -1.27. The van der Waals surface area contributed by atoms with Crippen molar-refractivity contribution in [2.75, 3.05) is 19.4 Å². The van der Waals surface area contributed by atoms with E-state index in [1.807, 2.05) is 0 Å². The molecule has 5 heteroatoms. The van der Waals surface area contributed by atoms with Crippen LogP contribution < -0.4 is 5.32 Å². The van der Waals surface area contributed by atoms with E-state index >= 15 is 0 Å². The van der Waals surface area contributed by atoms with Crippen LogP contribution in [0.2, 0.25) is 0 Å². The Kier molecular flexibility index (Phi) is 5.89. The van der Waals surface area contributed by atoms with Crippen molar-refractivity contribution in [2.45, 2.75) is 50.3 Å². The Morgan fingerprint density at radius 1 is 1.41 bits per heavy atom. The molecule has 0 aromatic carbocycles. The first-order valence-electron chi connectivity index (χ1n) is 6.49. The van der Waals surface area contributed by atoms with Crippen molar-refractivity contribution in [1.82, 2.24) is 5.32 Å². The smallest absolute Gasteiger partial charge is 0.154 e. The number of hydrogen-bond donors (Lipinski definition) is 2. The van der Waals surface area contributed by atoms with Crippen molar-refractivity contribution in [3.63, 3.8) is 0 Å². The molecule has 0 aliphatic heterocycles. The molecule has 3 atom stereocenters. The summed E-state index contributed by atoms with van der Waals surface area (Å²) in [5, 5.41) is 11.7. The van der Waals surface area contributed by atoms with E-state index in [9.17, 15) is 8.42 Å². The Morgan fingerprint density at radius 3 is 2.65 bits per heavy atom. The minimum absolute atomic E-state index is 0.0299. The van der Waals surface area contributed by atoms with Crippen LogP contribution in [-0.4, -0.2) is 44.2 Å². The van der Waals surface area contributed by atoms with Gasteiger partial charge in [-0.05, 0) is 32.2 Å². The lowest BCUT2D eigenvalue weighted by Crippen LogP contribution is -2.39. The Labute approximate surface area is 105 Å². The van der Waals surface area contributed by atoms with E-state index in [0.29, 0.717) is 12.3 Å². The van der Waals surface area contributed by atoms with Crippen molar-refractivity contribution in [1.29, 1.82) is 0 Å². The van der Waals surface area contributed by atoms with Gasteiger partial charge in [-0.1, -0.05) is 19.8 Å². The van der Waals surface area contributed by atoms with Crippen molar-refractivity contribution in [3.8, 4) is 0 Å². The number of aliphatic hydroxyl groups is 1. The van der Waals surface area contributed by atoms with Gasteiger partial charge in [0.15, 0.2) is 9.84 Å². The van der Waals surface area contributed by atoms with Crippen molar-refractivity contribution in [3.05, 3.63) is 0 Å². The van der Waals surface area contributed by atoms with Gasteiger partial charge in [-0.15, -0.1) is 0 Å². The third-order valence-corrected chi connectivity index (χ3v) is 6.03. The van der Waals surface area contributed by atoms with E-state index in [1.54, 1.807) is 7.05 Å². The molecule has 17 heavy (non-hydrogen) atoms. The second-order valence-corrected chi connectivity index (χ2v) is 7.55. The van der Waals surface area contributed by atoms with Crippen LogP contribution in [-0.2, 0) is 9.84 Å². The highest BCUT2D eigenvalue weighted by Gasteiger charge is 2.31. The zero-order valence-electron chi connectivity index (χ0n) is 10.9. The van der Waals surface area contributed by atoms with Crippen LogP contribution in [0.4, 0.5) is 0 Å². The lowest BCUT2D eigenvalue weighted by atomic mass is 9.91. The first-order valence-corrected chi connectivity index (χ1v) is 8.20. The number of hydrogen-bond acceptors (Lipinski definition) is 4. The number of nitrogens with one attached hydrogen (secondary N) is 1. The Hall–Kier alpha value is -0.130. The highest BCUT2D eigenvalue weighted by molar-refractivity contribution is 7.92. The zero-order valence-corrected chi connectivity index (χ0v) is 11.7. The van der Waals surface area contributed by atoms with Crippen LogP contribution in [0.1, 0.15) is 39.0 Å². The first kappa shape index (κ1) is 14.9. The molecule has 0 radical (unpaired) electrons. The summed E-state index contributed by atoms with van der Waals surface area (Å²) in [4.78, 5) is 0. The summed E-state index contributed by atoms with van der Waals surface area (Å²) in [6.07, 6.45) is 4.28. The molecule has 0 aromatic heterocycles. The fraction of sp³-hybridized carbons (Fsp3) is 1.00. The topological polar surface area (TPSA) is 66.4 Å². The molecule has 1 rings (SSSR count). The van der Waals surface area contributed by atoms with Crippen molar-refractivity contribution in [2.24, 2.45) is 5.92 Å². The van der Waals surface area contributed by atoms with Gasteiger partial charge in [0.1, 0.15) is 0 Å². The maximum Gasteiger partial charge on any atom is 0.154 e. The molecule has 0 bridgehead atoms. The molecule has 0 saturated heterocycles. The average Bonchev–Trinajstić information content (AvgIpc) is 2.28. The second-order valence-electron chi connectivity index (χ2n) is 5.22. The molecule has 3 unspecified atom stereocenters. The van der Waals surface area contributed by atoms with Crippen LogP contribution in [0.5, 0.6) is 0 Å². The van der Waals surface area contributed by atoms with Crippen molar-refractivity contribution < 1.29 is 13.5 Å². The molecule has 4 nitrogen and oxygen atoms in total. The molecular formula is C12H25NO3S. The molecule has 0 amide bonds. The minimum Gasteiger partial charge on any atom is -0.396 e. The van der Waals surface area contributed by atoms with Crippen LogP contribution in [0.3, 0.4) is 0 Å². The Balaban J connectivity index is 2.60.